The Labute approximate surface area is 188 Å². The Kier molecular flexibility index (Phi) is 6.38. The number of nitrogens with two attached hydrogens (primary N) is 1. The van der Waals surface area contributed by atoms with E-state index in [1.165, 1.54) is 0 Å². The minimum Gasteiger partial charge on any atom is -0.488 e. The molecule has 0 spiro atoms. The van der Waals surface area contributed by atoms with Crippen LogP contribution < -0.4 is 20.5 Å². The topological polar surface area (TPSA) is 73.6 Å². The predicted octanol–water partition coefficient (Wildman–Crippen LogP) is 6.25. The van der Waals surface area contributed by atoms with E-state index in [-0.39, 0.29) is 0 Å². The van der Waals surface area contributed by atoms with Gasteiger partial charge in [0, 0.05) is 0 Å². The van der Waals surface area contributed by atoms with Gasteiger partial charge in [-0.3, -0.25) is 0 Å². The number of halogens is 1. The largest absolute Gasteiger partial charge is 0.488 e. The fraction of sp³-hybridized carbons (Fsp3) is 0.0800. The third-order valence-corrected chi connectivity index (χ3v) is 5.34. The summed E-state index contributed by atoms with van der Waals surface area (Å²) in [6.45, 7) is 0.831. The lowest BCUT2D eigenvalue weighted by Crippen LogP contribution is -2.19. The number of primary amides is 1. The average Bonchev–Trinajstić information content (AvgIpc) is 2.77. The highest BCUT2D eigenvalue weighted by molar-refractivity contribution is 9.10. The molecule has 3 N–H and O–H groups in total. The number of rotatable bonds is 7. The average molecular weight is 477 g/mol. The third kappa shape index (κ3) is 5.35. The Balaban J connectivity index is 1.64. The lowest BCUT2D eigenvalue weighted by molar-refractivity contribution is 0.259. The van der Waals surface area contributed by atoms with E-state index in [9.17, 15) is 4.79 Å². The van der Waals surface area contributed by atoms with Crippen molar-refractivity contribution >= 4 is 38.4 Å². The van der Waals surface area contributed by atoms with Crippen molar-refractivity contribution < 1.29 is 14.3 Å². The van der Waals surface area contributed by atoms with Crippen LogP contribution in [0.2, 0.25) is 0 Å². The SMILES string of the molecule is NC(=O)Nc1cc2cc(Br)c(OCc3ccccc3)cc2cc1OCc1ccccc1. The monoisotopic (exact) mass is 476 g/mol. The van der Waals surface area contributed by atoms with Crippen molar-refractivity contribution in [3.05, 3.63) is 101 Å². The van der Waals surface area contributed by atoms with Crippen molar-refractivity contribution in [3.8, 4) is 11.5 Å². The molecule has 0 aliphatic heterocycles. The van der Waals surface area contributed by atoms with Crippen LogP contribution in [0.4, 0.5) is 10.5 Å². The fourth-order valence-electron chi connectivity index (χ4n) is 3.21. The zero-order valence-corrected chi connectivity index (χ0v) is 18.3. The summed E-state index contributed by atoms with van der Waals surface area (Å²) < 4.78 is 12.8. The number of carbonyl (C=O) groups is 1. The van der Waals surface area contributed by atoms with Gasteiger partial charge in [-0.25, -0.2) is 4.79 Å². The van der Waals surface area contributed by atoms with E-state index in [4.69, 9.17) is 15.2 Å². The highest BCUT2D eigenvalue weighted by Gasteiger charge is 2.12. The summed E-state index contributed by atoms with van der Waals surface area (Å²) in [5.74, 6) is 1.26. The van der Waals surface area contributed by atoms with E-state index in [1.54, 1.807) is 0 Å². The van der Waals surface area contributed by atoms with E-state index in [0.717, 1.165) is 32.1 Å². The Bertz CT molecular complexity index is 1200. The summed E-state index contributed by atoms with van der Waals surface area (Å²) in [4.78, 5) is 11.5. The molecule has 0 aromatic heterocycles. The van der Waals surface area contributed by atoms with Gasteiger partial charge in [-0.2, -0.15) is 0 Å². The van der Waals surface area contributed by atoms with Gasteiger partial charge in [-0.1, -0.05) is 60.7 Å². The van der Waals surface area contributed by atoms with Crippen LogP contribution in [-0.4, -0.2) is 6.03 Å². The van der Waals surface area contributed by atoms with Gasteiger partial charge in [-0.05, 0) is 62.1 Å². The molecule has 5 nitrogen and oxygen atoms in total. The summed E-state index contributed by atoms with van der Waals surface area (Å²) in [5.41, 5.74) is 7.98. The number of hydrogen-bond acceptors (Lipinski definition) is 3. The molecule has 0 fully saturated rings. The molecule has 0 saturated heterocycles. The third-order valence-electron chi connectivity index (χ3n) is 4.72. The van der Waals surface area contributed by atoms with Crippen LogP contribution >= 0.6 is 15.9 Å². The summed E-state index contributed by atoms with van der Waals surface area (Å²) >= 11 is 3.58. The quantitative estimate of drug-likeness (QED) is 0.331. The number of carbonyl (C=O) groups excluding carboxylic acids is 1. The zero-order valence-electron chi connectivity index (χ0n) is 16.7. The second-order valence-corrected chi connectivity index (χ2v) is 7.87. The highest BCUT2D eigenvalue weighted by Crippen LogP contribution is 2.37. The standard InChI is InChI=1S/C25H21BrN2O3/c26-21-11-19-12-22(28-25(27)29)24(31-16-18-9-5-2-6-10-18)14-20(19)13-23(21)30-15-17-7-3-1-4-8-17/h1-14H,15-16H2,(H3,27,28,29). The molecule has 0 heterocycles. The zero-order chi connectivity index (χ0) is 21.6. The van der Waals surface area contributed by atoms with Gasteiger partial charge in [-0.15, -0.1) is 0 Å². The number of urea groups is 1. The molecule has 0 radical (unpaired) electrons. The Hall–Kier alpha value is -3.51. The first-order valence-electron chi connectivity index (χ1n) is 9.76. The molecule has 0 bridgehead atoms. The maximum atomic E-state index is 11.5. The molecular weight excluding hydrogens is 456 g/mol. The molecule has 0 unspecified atom stereocenters. The molecule has 4 rings (SSSR count). The predicted molar refractivity (Wildman–Crippen MR) is 126 cm³/mol. The summed E-state index contributed by atoms with van der Waals surface area (Å²) in [6.07, 6.45) is 0. The molecule has 2 amide bonds. The number of ether oxygens (including phenoxy) is 2. The smallest absolute Gasteiger partial charge is 0.316 e. The lowest BCUT2D eigenvalue weighted by Gasteiger charge is -2.15. The van der Waals surface area contributed by atoms with Crippen LogP contribution in [0.5, 0.6) is 11.5 Å². The van der Waals surface area contributed by atoms with Gasteiger partial charge < -0.3 is 20.5 Å². The number of nitrogens with one attached hydrogen (secondary N) is 1. The molecule has 4 aromatic rings. The Morgan fingerprint density at radius 3 is 1.87 bits per heavy atom. The van der Waals surface area contributed by atoms with Crippen LogP contribution in [0, 0.1) is 0 Å². The minimum atomic E-state index is -0.647. The van der Waals surface area contributed by atoms with Crippen molar-refractivity contribution in [1.29, 1.82) is 0 Å². The first kappa shape index (κ1) is 20.8. The van der Waals surface area contributed by atoms with E-state index in [2.05, 4.69) is 21.2 Å². The first-order valence-corrected chi connectivity index (χ1v) is 10.5. The molecule has 31 heavy (non-hydrogen) atoms. The first-order chi connectivity index (χ1) is 15.1. The molecule has 0 aliphatic rings. The van der Waals surface area contributed by atoms with E-state index >= 15 is 0 Å². The van der Waals surface area contributed by atoms with Crippen LogP contribution in [-0.2, 0) is 13.2 Å². The number of fused-ring (bicyclic) bond motifs is 1. The normalized spacial score (nSPS) is 10.6. The van der Waals surface area contributed by atoms with Crippen molar-refractivity contribution in [1.82, 2.24) is 0 Å². The van der Waals surface area contributed by atoms with Crippen LogP contribution in [0.3, 0.4) is 0 Å². The fourth-order valence-corrected chi connectivity index (χ4v) is 3.69. The van der Waals surface area contributed by atoms with Crippen molar-refractivity contribution in [2.24, 2.45) is 5.73 Å². The van der Waals surface area contributed by atoms with Crippen LogP contribution in [0.1, 0.15) is 11.1 Å². The number of benzene rings is 4. The Morgan fingerprint density at radius 1 is 0.774 bits per heavy atom. The Morgan fingerprint density at radius 2 is 1.29 bits per heavy atom. The number of anilines is 1. The van der Waals surface area contributed by atoms with Crippen LogP contribution in [0.15, 0.2) is 89.4 Å². The summed E-state index contributed by atoms with van der Waals surface area (Å²) in [5, 5.41) is 4.48. The van der Waals surface area contributed by atoms with E-state index in [0.29, 0.717) is 24.7 Å². The summed E-state index contributed by atoms with van der Waals surface area (Å²) in [7, 11) is 0. The minimum absolute atomic E-state index is 0.369. The van der Waals surface area contributed by atoms with Crippen molar-refractivity contribution in [2.75, 3.05) is 5.32 Å². The maximum Gasteiger partial charge on any atom is 0.316 e. The molecule has 0 aliphatic carbocycles. The van der Waals surface area contributed by atoms with Gasteiger partial charge >= 0.3 is 6.03 Å². The second-order valence-electron chi connectivity index (χ2n) is 7.02. The van der Waals surface area contributed by atoms with Gasteiger partial charge in [0.2, 0.25) is 0 Å². The molecule has 156 valence electrons. The number of amides is 2. The lowest BCUT2D eigenvalue weighted by atomic mass is 10.1. The van der Waals surface area contributed by atoms with Gasteiger partial charge in [0.1, 0.15) is 24.7 Å². The van der Waals surface area contributed by atoms with Crippen molar-refractivity contribution in [3.63, 3.8) is 0 Å². The number of hydrogen-bond donors (Lipinski definition) is 2. The van der Waals surface area contributed by atoms with Gasteiger partial charge in [0.05, 0.1) is 10.2 Å². The second kappa shape index (κ2) is 9.53. The maximum absolute atomic E-state index is 11.5. The molecule has 0 atom stereocenters. The van der Waals surface area contributed by atoms with Gasteiger partial charge in [0.25, 0.3) is 0 Å². The highest BCUT2D eigenvalue weighted by atomic mass is 79.9. The molecular formula is C25H21BrN2O3. The molecule has 6 heteroatoms. The van der Waals surface area contributed by atoms with E-state index in [1.807, 2.05) is 84.9 Å². The van der Waals surface area contributed by atoms with E-state index < -0.39 is 6.03 Å². The summed E-state index contributed by atoms with van der Waals surface area (Å²) in [6, 6.07) is 26.8. The van der Waals surface area contributed by atoms with Crippen LogP contribution in [0.25, 0.3) is 10.8 Å². The molecule has 0 saturated carbocycles. The van der Waals surface area contributed by atoms with Crippen molar-refractivity contribution in [2.45, 2.75) is 13.2 Å². The molecule has 4 aromatic carbocycles. The van der Waals surface area contributed by atoms with Gasteiger partial charge in [0.15, 0.2) is 0 Å².